The fraction of sp³-hybridized carbons (Fsp3) is 0.250. The van der Waals surface area contributed by atoms with Crippen LogP contribution in [0.2, 0.25) is 0 Å². The molecule has 0 bridgehead atoms. The van der Waals surface area contributed by atoms with Gasteiger partial charge in [-0.3, -0.25) is 0 Å². The summed E-state index contributed by atoms with van der Waals surface area (Å²) in [4.78, 5) is 22.2. The van der Waals surface area contributed by atoms with E-state index in [2.05, 4.69) is 67.2 Å². The van der Waals surface area contributed by atoms with Crippen molar-refractivity contribution in [3.63, 3.8) is 0 Å². The van der Waals surface area contributed by atoms with Crippen LogP contribution in [0.4, 0.5) is 5.82 Å². The van der Waals surface area contributed by atoms with Crippen LogP contribution < -0.4 is 4.90 Å². The molecule has 0 amide bonds. The molecule has 0 atom stereocenters. The van der Waals surface area contributed by atoms with Crippen molar-refractivity contribution in [1.82, 2.24) is 24.9 Å². The van der Waals surface area contributed by atoms with Gasteiger partial charge in [-0.05, 0) is 37.5 Å². The second kappa shape index (κ2) is 5.69. The summed E-state index contributed by atoms with van der Waals surface area (Å²) in [7, 11) is 0. The van der Waals surface area contributed by atoms with Crippen LogP contribution >= 0.6 is 0 Å². The van der Waals surface area contributed by atoms with Gasteiger partial charge in [0, 0.05) is 35.8 Å². The van der Waals surface area contributed by atoms with Crippen LogP contribution in [0, 0.1) is 13.8 Å². The van der Waals surface area contributed by atoms with Crippen LogP contribution in [0.3, 0.4) is 0 Å². The van der Waals surface area contributed by atoms with E-state index in [0.717, 1.165) is 42.3 Å². The fourth-order valence-corrected chi connectivity index (χ4v) is 3.90. The third-order valence-corrected chi connectivity index (χ3v) is 5.16. The first-order valence-electron chi connectivity index (χ1n) is 8.89. The number of aromatic amines is 2. The number of hydrogen-bond donors (Lipinski definition) is 2. The molecular weight excluding hydrogens is 324 g/mol. The first kappa shape index (κ1) is 15.1. The minimum Gasteiger partial charge on any atom is -0.361 e. The van der Waals surface area contributed by atoms with Gasteiger partial charge in [-0.1, -0.05) is 18.2 Å². The van der Waals surface area contributed by atoms with Gasteiger partial charge in [-0.2, -0.15) is 0 Å². The molecule has 1 aliphatic rings. The Morgan fingerprint density at radius 3 is 2.92 bits per heavy atom. The summed E-state index contributed by atoms with van der Waals surface area (Å²) < 4.78 is 0. The lowest BCUT2D eigenvalue weighted by molar-refractivity contribution is 0.818. The van der Waals surface area contributed by atoms with Gasteiger partial charge in [0.1, 0.15) is 17.7 Å². The van der Waals surface area contributed by atoms with Crippen molar-refractivity contribution in [3.05, 3.63) is 53.8 Å². The van der Waals surface area contributed by atoms with Gasteiger partial charge in [0.05, 0.1) is 0 Å². The first-order valence-corrected chi connectivity index (χ1v) is 8.89. The Bertz CT molecular complexity index is 1150. The molecule has 3 aromatic heterocycles. The molecule has 6 heteroatoms. The standard InChI is InChI=1S/C20H20N6/c1-12-4-3-5-16-17(12)15(10-21-16)14-6-8-26(9-7-14)20-18-19(22-11-23-20)25-13(2)24-18/h3-6,10-11,21H,7-9H2,1-2H3,(H,22,23,24,25). The molecule has 0 aliphatic carbocycles. The summed E-state index contributed by atoms with van der Waals surface area (Å²) in [5.74, 6) is 1.80. The Labute approximate surface area is 151 Å². The number of rotatable bonds is 2. The van der Waals surface area contributed by atoms with Gasteiger partial charge in [-0.15, -0.1) is 0 Å². The van der Waals surface area contributed by atoms with Crippen LogP contribution in [0.15, 0.2) is 36.8 Å². The van der Waals surface area contributed by atoms with Crippen molar-refractivity contribution in [2.45, 2.75) is 20.3 Å². The number of aromatic nitrogens is 5. The van der Waals surface area contributed by atoms with Crippen molar-refractivity contribution >= 4 is 33.5 Å². The third kappa shape index (κ3) is 2.29. The van der Waals surface area contributed by atoms with E-state index in [-0.39, 0.29) is 0 Å². The molecule has 0 fully saturated rings. The highest BCUT2D eigenvalue weighted by atomic mass is 15.2. The molecule has 4 heterocycles. The predicted octanol–water partition coefficient (Wildman–Crippen LogP) is 3.74. The minimum absolute atomic E-state index is 0.731. The van der Waals surface area contributed by atoms with Crippen LogP contribution in [-0.4, -0.2) is 38.0 Å². The number of fused-ring (bicyclic) bond motifs is 2. The van der Waals surface area contributed by atoms with E-state index in [4.69, 9.17) is 0 Å². The zero-order chi connectivity index (χ0) is 17.7. The maximum atomic E-state index is 4.50. The average molecular weight is 344 g/mol. The molecule has 0 radical (unpaired) electrons. The van der Waals surface area contributed by atoms with Gasteiger partial charge < -0.3 is 14.9 Å². The number of anilines is 1. The van der Waals surface area contributed by atoms with Crippen molar-refractivity contribution in [2.24, 2.45) is 0 Å². The highest BCUT2D eigenvalue weighted by Crippen LogP contribution is 2.32. The minimum atomic E-state index is 0.731. The lowest BCUT2D eigenvalue weighted by atomic mass is 9.97. The Morgan fingerprint density at radius 1 is 1.15 bits per heavy atom. The van der Waals surface area contributed by atoms with Gasteiger partial charge in [0.2, 0.25) is 0 Å². The zero-order valence-corrected chi connectivity index (χ0v) is 14.9. The van der Waals surface area contributed by atoms with E-state index in [1.165, 1.54) is 27.6 Å². The van der Waals surface area contributed by atoms with E-state index >= 15 is 0 Å². The Hall–Kier alpha value is -3.15. The fourth-order valence-electron chi connectivity index (χ4n) is 3.90. The molecule has 0 unspecified atom stereocenters. The zero-order valence-electron chi connectivity index (χ0n) is 14.9. The van der Waals surface area contributed by atoms with Gasteiger partial charge in [-0.25, -0.2) is 15.0 Å². The molecule has 6 nitrogen and oxygen atoms in total. The quantitative estimate of drug-likeness (QED) is 0.581. The van der Waals surface area contributed by atoms with E-state index in [0.29, 0.717) is 0 Å². The first-order chi connectivity index (χ1) is 12.7. The predicted molar refractivity (Wildman–Crippen MR) is 104 cm³/mol. The molecule has 5 rings (SSSR count). The molecule has 0 saturated heterocycles. The van der Waals surface area contributed by atoms with Crippen LogP contribution in [0.5, 0.6) is 0 Å². The largest absolute Gasteiger partial charge is 0.361 e. The summed E-state index contributed by atoms with van der Waals surface area (Å²) >= 11 is 0. The number of nitrogens with zero attached hydrogens (tertiary/aromatic N) is 4. The van der Waals surface area contributed by atoms with Crippen LogP contribution in [0.1, 0.15) is 23.4 Å². The number of aryl methyl sites for hydroxylation is 2. The topological polar surface area (TPSA) is 73.5 Å². The van der Waals surface area contributed by atoms with Crippen molar-refractivity contribution in [3.8, 4) is 0 Å². The van der Waals surface area contributed by atoms with Gasteiger partial charge in [0.15, 0.2) is 11.5 Å². The van der Waals surface area contributed by atoms with E-state index in [1.54, 1.807) is 6.33 Å². The molecule has 0 spiro atoms. The second-order valence-corrected chi connectivity index (χ2v) is 6.84. The number of nitrogens with one attached hydrogen (secondary N) is 2. The van der Waals surface area contributed by atoms with Crippen molar-refractivity contribution < 1.29 is 0 Å². The van der Waals surface area contributed by atoms with Gasteiger partial charge in [0.25, 0.3) is 0 Å². The molecule has 0 saturated carbocycles. The second-order valence-electron chi connectivity index (χ2n) is 6.84. The Kier molecular flexibility index (Phi) is 3.31. The molecule has 1 aliphatic heterocycles. The monoisotopic (exact) mass is 344 g/mol. The molecule has 130 valence electrons. The van der Waals surface area contributed by atoms with E-state index in [1.807, 2.05) is 6.92 Å². The SMILES string of the molecule is Cc1nc2ncnc(N3CC=C(c4c[nH]c5cccc(C)c45)CC3)c2[nH]1. The highest BCUT2D eigenvalue weighted by Gasteiger charge is 2.20. The van der Waals surface area contributed by atoms with E-state index in [9.17, 15) is 0 Å². The third-order valence-electron chi connectivity index (χ3n) is 5.16. The maximum Gasteiger partial charge on any atom is 0.183 e. The van der Waals surface area contributed by atoms with Crippen LogP contribution in [0.25, 0.3) is 27.6 Å². The number of hydrogen-bond acceptors (Lipinski definition) is 4. The molecule has 26 heavy (non-hydrogen) atoms. The summed E-state index contributed by atoms with van der Waals surface area (Å²) in [6, 6.07) is 6.41. The molecule has 2 N–H and O–H groups in total. The molecular formula is C20H20N6. The number of imidazole rings is 1. The summed E-state index contributed by atoms with van der Waals surface area (Å²) in [5, 5.41) is 1.33. The molecule has 4 aromatic rings. The Morgan fingerprint density at radius 2 is 2.08 bits per heavy atom. The molecule has 1 aromatic carbocycles. The summed E-state index contributed by atoms with van der Waals surface area (Å²) in [5.41, 5.74) is 6.89. The summed E-state index contributed by atoms with van der Waals surface area (Å²) in [6.07, 6.45) is 7.04. The lowest BCUT2D eigenvalue weighted by Crippen LogP contribution is -2.29. The van der Waals surface area contributed by atoms with Crippen molar-refractivity contribution in [1.29, 1.82) is 0 Å². The van der Waals surface area contributed by atoms with E-state index < -0.39 is 0 Å². The lowest BCUT2D eigenvalue weighted by Gasteiger charge is -2.27. The van der Waals surface area contributed by atoms with Gasteiger partial charge >= 0.3 is 0 Å². The van der Waals surface area contributed by atoms with Crippen LogP contribution in [-0.2, 0) is 0 Å². The average Bonchev–Trinajstić information content (AvgIpc) is 3.25. The van der Waals surface area contributed by atoms with Crippen molar-refractivity contribution in [2.75, 3.05) is 18.0 Å². The Balaban J connectivity index is 1.50. The highest BCUT2D eigenvalue weighted by molar-refractivity contribution is 5.95. The number of H-pyrrole nitrogens is 2. The maximum absolute atomic E-state index is 4.50. The smallest absolute Gasteiger partial charge is 0.183 e. The summed E-state index contributed by atoms with van der Waals surface area (Å²) in [6.45, 7) is 5.87. The number of benzene rings is 1. The normalized spacial score (nSPS) is 15.0.